The van der Waals surface area contributed by atoms with Gasteiger partial charge in [-0.25, -0.2) is 0 Å². The minimum absolute atomic E-state index is 0.140. The van der Waals surface area contributed by atoms with Crippen molar-refractivity contribution in [3.8, 4) is 0 Å². The molecule has 0 unspecified atom stereocenters. The molecule has 108 valence electrons. The molecule has 20 heavy (non-hydrogen) atoms. The van der Waals surface area contributed by atoms with Crippen LogP contribution in [0.4, 0.5) is 0 Å². The Kier molecular flexibility index (Phi) is 4.80. The maximum absolute atomic E-state index is 12.6. The van der Waals surface area contributed by atoms with E-state index in [1.165, 1.54) is 24.8 Å². The number of allylic oxidation sites excluding steroid dienone is 2. The van der Waals surface area contributed by atoms with Crippen molar-refractivity contribution in [1.29, 1.82) is 0 Å². The maximum atomic E-state index is 12.6. The molecule has 0 radical (unpaired) electrons. The third-order valence-electron chi connectivity index (χ3n) is 4.10. The normalized spacial score (nSPS) is 19.6. The molecule has 0 saturated carbocycles. The molecule has 0 N–H and O–H groups in total. The van der Waals surface area contributed by atoms with E-state index >= 15 is 0 Å². The van der Waals surface area contributed by atoms with Crippen molar-refractivity contribution in [1.82, 2.24) is 0 Å². The summed E-state index contributed by atoms with van der Waals surface area (Å²) >= 11 is 0. The zero-order valence-corrected chi connectivity index (χ0v) is 13.0. The highest BCUT2D eigenvalue weighted by Gasteiger charge is 2.16. The van der Waals surface area contributed by atoms with Gasteiger partial charge in [0.1, 0.15) is 0 Å². The second-order valence-electron chi connectivity index (χ2n) is 6.84. The number of hydrogen-bond donors (Lipinski definition) is 0. The molecular formula is C19H26O. The first-order valence-electron chi connectivity index (χ1n) is 7.83. The first-order chi connectivity index (χ1) is 9.48. The third kappa shape index (κ3) is 3.82. The predicted octanol–water partition coefficient (Wildman–Crippen LogP) is 5.45. The Morgan fingerprint density at radius 2 is 1.60 bits per heavy atom. The average Bonchev–Trinajstić information content (AvgIpc) is 2.37. The Bertz CT molecular complexity index is 485. The van der Waals surface area contributed by atoms with Crippen LogP contribution in [0.15, 0.2) is 35.9 Å². The highest BCUT2D eigenvalue weighted by atomic mass is 16.1. The van der Waals surface area contributed by atoms with Crippen LogP contribution in [0.25, 0.3) is 0 Å². The first-order valence-corrected chi connectivity index (χ1v) is 7.83. The molecule has 1 nitrogen and oxygen atoms in total. The maximum Gasteiger partial charge on any atom is 0.188 e. The van der Waals surface area contributed by atoms with Crippen LogP contribution < -0.4 is 0 Å². The molecule has 0 bridgehead atoms. The van der Waals surface area contributed by atoms with Crippen LogP contribution in [0.3, 0.4) is 0 Å². The molecule has 0 heterocycles. The molecule has 0 aromatic heterocycles. The summed E-state index contributed by atoms with van der Waals surface area (Å²) in [5.74, 6) is 0.229. The van der Waals surface area contributed by atoms with Gasteiger partial charge in [-0.3, -0.25) is 4.79 Å². The van der Waals surface area contributed by atoms with E-state index in [-0.39, 0.29) is 11.2 Å². The largest absolute Gasteiger partial charge is 0.289 e. The van der Waals surface area contributed by atoms with Crippen molar-refractivity contribution >= 4 is 5.78 Å². The van der Waals surface area contributed by atoms with E-state index in [4.69, 9.17) is 0 Å². The first kappa shape index (κ1) is 15.0. The zero-order chi connectivity index (χ0) is 14.6. The summed E-state index contributed by atoms with van der Waals surface area (Å²) in [6, 6.07) is 8.17. The smallest absolute Gasteiger partial charge is 0.188 e. The Balaban J connectivity index is 2.16. The minimum atomic E-state index is 0.140. The molecule has 0 atom stereocenters. The van der Waals surface area contributed by atoms with Gasteiger partial charge in [-0.05, 0) is 42.2 Å². The van der Waals surface area contributed by atoms with E-state index in [2.05, 4.69) is 39.0 Å². The third-order valence-corrected chi connectivity index (χ3v) is 4.10. The van der Waals surface area contributed by atoms with Crippen molar-refractivity contribution in [3.63, 3.8) is 0 Å². The van der Waals surface area contributed by atoms with Gasteiger partial charge >= 0.3 is 0 Å². The molecule has 1 heteroatoms. The number of carbonyl (C=O) groups is 1. The van der Waals surface area contributed by atoms with Crippen molar-refractivity contribution in [2.24, 2.45) is 0 Å². The summed E-state index contributed by atoms with van der Waals surface area (Å²) in [6.07, 6.45) is 9.10. The molecule has 0 spiro atoms. The Morgan fingerprint density at radius 1 is 0.950 bits per heavy atom. The van der Waals surface area contributed by atoms with E-state index in [1.807, 2.05) is 12.1 Å². The Morgan fingerprint density at radius 3 is 2.25 bits per heavy atom. The molecule has 2 rings (SSSR count). The van der Waals surface area contributed by atoms with Crippen LogP contribution in [0.1, 0.15) is 75.2 Å². The van der Waals surface area contributed by atoms with Crippen LogP contribution >= 0.6 is 0 Å². The van der Waals surface area contributed by atoms with Gasteiger partial charge in [-0.15, -0.1) is 0 Å². The number of carbonyl (C=O) groups excluding carboxylic acids is 1. The number of Topliss-reactive ketones (excluding diaryl/α,β-unsaturated/α-hetero) is 1. The second kappa shape index (κ2) is 6.39. The van der Waals surface area contributed by atoms with Crippen LogP contribution in [0, 0.1) is 0 Å². The molecule has 1 aliphatic carbocycles. The molecule has 1 aromatic carbocycles. The van der Waals surface area contributed by atoms with Gasteiger partial charge in [0.15, 0.2) is 5.78 Å². The molecule has 1 aliphatic rings. The number of rotatable bonds is 2. The van der Waals surface area contributed by atoms with Gasteiger partial charge in [0.2, 0.25) is 0 Å². The fourth-order valence-electron chi connectivity index (χ4n) is 2.70. The Labute approximate surface area is 123 Å². The van der Waals surface area contributed by atoms with Crippen LogP contribution in [-0.4, -0.2) is 5.78 Å². The van der Waals surface area contributed by atoms with Gasteiger partial charge < -0.3 is 0 Å². The molecule has 1 aromatic rings. The standard InChI is InChI=1S/C19H26O/c1-19(2,3)17-13-11-16(12-14-17)18(20)15-9-7-5-4-6-8-10-15/h9,11-14H,4-8,10H2,1-3H3/b15-9+. The lowest BCUT2D eigenvalue weighted by molar-refractivity contribution is 0.102. The zero-order valence-electron chi connectivity index (χ0n) is 13.0. The topological polar surface area (TPSA) is 17.1 Å². The highest BCUT2D eigenvalue weighted by Crippen LogP contribution is 2.24. The lowest BCUT2D eigenvalue weighted by Crippen LogP contribution is -2.12. The lowest BCUT2D eigenvalue weighted by atomic mass is 9.86. The predicted molar refractivity (Wildman–Crippen MR) is 85.3 cm³/mol. The van der Waals surface area contributed by atoms with E-state index in [0.717, 1.165) is 30.4 Å². The Hall–Kier alpha value is -1.37. The fraction of sp³-hybridized carbons (Fsp3) is 0.526. The van der Waals surface area contributed by atoms with Gasteiger partial charge in [0, 0.05) is 5.56 Å². The van der Waals surface area contributed by atoms with Gasteiger partial charge in [0.05, 0.1) is 0 Å². The minimum Gasteiger partial charge on any atom is -0.289 e. The van der Waals surface area contributed by atoms with E-state index in [1.54, 1.807) is 0 Å². The highest BCUT2D eigenvalue weighted by molar-refractivity contribution is 6.08. The van der Waals surface area contributed by atoms with Crippen molar-refractivity contribution in [2.45, 2.75) is 64.7 Å². The van der Waals surface area contributed by atoms with Crippen molar-refractivity contribution < 1.29 is 4.79 Å². The summed E-state index contributed by atoms with van der Waals surface area (Å²) in [5.41, 5.74) is 3.28. The molecular weight excluding hydrogens is 244 g/mol. The van der Waals surface area contributed by atoms with Gasteiger partial charge in [-0.2, -0.15) is 0 Å². The van der Waals surface area contributed by atoms with E-state index in [9.17, 15) is 4.79 Å². The van der Waals surface area contributed by atoms with Crippen LogP contribution in [0.2, 0.25) is 0 Å². The molecule has 0 fully saturated rings. The number of hydrogen-bond acceptors (Lipinski definition) is 1. The molecule has 0 aliphatic heterocycles. The monoisotopic (exact) mass is 270 g/mol. The van der Waals surface area contributed by atoms with E-state index < -0.39 is 0 Å². The quantitative estimate of drug-likeness (QED) is 0.653. The van der Waals surface area contributed by atoms with Crippen molar-refractivity contribution in [3.05, 3.63) is 47.0 Å². The molecule has 0 saturated heterocycles. The summed E-state index contributed by atoms with van der Waals surface area (Å²) in [6.45, 7) is 6.59. The SMILES string of the molecule is CC(C)(C)c1ccc(C(=O)/C2=C/CCCCCC2)cc1. The lowest BCUT2D eigenvalue weighted by Gasteiger charge is -2.19. The van der Waals surface area contributed by atoms with Crippen molar-refractivity contribution in [2.75, 3.05) is 0 Å². The van der Waals surface area contributed by atoms with Crippen LogP contribution in [0.5, 0.6) is 0 Å². The fourth-order valence-corrected chi connectivity index (χ4v) is 2.70. The molecule has 0 amide bonds. The summed E-state index contributed by atoms with van der Waals surface area (Å²) < 4.78 is 0. The number of benzene rings is 1. The van der Waals surface area contributed by atoms with E-state index in [0.29, 0.717) is 0 Å². The van der Waals surface area contributed by atoms with Gasteiger partial charge in [0.25, 0.3) is 0 Å². The van der Waals surface area contributed by atoms with Crippen LogP contribution in [-0.2, 0) is 5.41 Å². The number of ketones is 1. The summed E-state index contributed by atoms with van der Waals surface area (Å²) in [7, 11) is 0. The average molecular weight is 270 g/mol. The second-order valence-corrected chi connectivity index (χ2v) is 6.84. The summed E-state index contributed by atoms with van der Waals surface area (Å²) in [4.78, 5) is 12.6. The van der Waals surface area contributed by atoms with Gasteiger partial charge in [-0.1, -0.05) is 64.0 Å². The summed E-state index contributed by atoms with van der Waals surface area (Å²) in [5, 5.41) is 0.